The predicted molar refractivity (Wildman–Crippen MR) is 73.5 cm³/mol. The Hall–Kier alpha value is -1.00. The van der Waals surface area contributed by atoms with Gasteiger partial charge in [0.25, 0.3) is 10.0 Å². The summed E-state index contributed by atoms with van der Waals surface area (Å²) in [5.41, 5.74) is 5.98. The number of morpholine rings is 1. The van der Waals surface area contributed by atoms with Gasteiger partial charge < -0.3 is 10.5 Å². The lowest BCUT2D eigenvalue weighted by atomic mass is 10.3. The minimum Gasteiger partial charge on any atom is -0.379 e. The highest BCUT2D eigenvalue weighted by molar-refractivity contribution is 7.89. The number of H-pyrrole nitrogens is 1. The maximum Gasteiger partial charge on any atom is 0.258 e. The fraction of sp³-hybridized carbons (Fsp3) is 0.727. The summed E-state index contributed by atoms with van der Waals surface area (Å²) >= 11 is 0. The number of hydrogen-bond donors (Lipinski definition) is 3. The molecule has 0 radical (unpaired) electrons. The first-order chi connectivity index (χ1) is 9.53. The number of nitrogens with zero attached hydrogens (tertiary/aromatic N) is 2. The van der Waals surface area contributed by atoms with Gasteiger partial charge in [-0.05, 0) is 6.92 Å². The van der Waals surface area contributed by atoms with Crippen molar-refractivity contribution in [1.82, 2.24) is 19.8 Å². The zero-order chi connectivity index (χ0) is 14.6. The highest BCUT2D eigenvalue weighted by atomic mass is 32.2. The van der Waals surface area contributed by atoms with Crippen molar-refractivity contribution in [2.75, 3.05) is 32.8 Å². The van der Waals surface area contributed by atoms with Gasteiger partial charge in [-0.25, -0.2) is 13.1 Å². The molecule has 0 amide bonds. The van der Waals surface area contributed by atoms with E-state index < -0.39 is 10.0 Å². The Morgan fingerprint density at radius 1 is 1.55 bits per heavy atom. The average molecular weight is 303 g/mol. The molecule has 0 spiro atoms. The molecule has 2 heterocycles. The largest absolute Gasteiger partial charge is 0.379 e. The summed E-state index contributed by atoms with van der Waals surface area (Å²) in [5, 5.41) is 6.27. The number of rotatable bonds is 6. The molecule has 8 nitrogen and oxygen atoms in total. The molecule has 1 unspecified atom stereocenters. The normalized spacial score (nSPS) is 19.1. The Kier molecular flexibility index (Phi) is 5.11. The minimum absolute atomic E-state index is 0.0498. The zero-order valence-corrected chi connectivity index (χ0v) is 12.3. The molecule has 0 saturated carbocycles. The summed E-state index contributed by atoms with van der Waals surface area (Å²) in [7, 11) is -3.62. The van der Waals surface area contributed by atoms with Gasteiger partial charge in [-0.3, -0.25) is 10.00 Å². The number of ether oxygens (including phenoxy) is 1. The van der Waals surface area contributed by atoms with Gasteiger partial charge in [0, 0.05) is 37.8 Å². The topological polar surface area (TPSA) is 113 Å². The van der Waals surface area contributed by atoms with Crippen LogP contribution in [0.4, 0.5) is 0 Å². The van der Waals surface area contributed by atoms with Crippen molar-refractivity contribution in [3.63, 3.8) is 0 Å². The molecular weight excluding hydrogens is 282 g/mol. The molecule has 1 aromatic heterocycles. The third-order valence-electron chi connectivity index (χ3n) is 3.16. The van der Waals surface area contributed by atoms with Crippen LogP contribution in [0, 0.1) is 0 Å². The summed E-state index contributed by atoms with van der Waals surface area (Å²) in [6, 6.07) is -0.202. The summed E-state index contributed by atoms with van der Waals surface area (Å²) < 4.78 is 32.4. The van der Waals surface area contributed by atoms with Crippen molar-refractivity contribution < 1.29 is 13.2 Å². The molecule has 1 aromatic rings. The van der Waals surface area contributed by atoms with Gasteiger partial charge in [-0.2, -0.15) is 5.10 Å². The van der Waals surface area contributed by atoms with Crippen LogP contribution in [0.5, 0.6) is 0 Å². The molecule has 20 heavy (non-hydrogen) atoms. The lowest BCUT2D eigenvalue weighted by Crippen LogP contribution is -2.46. The Labute approximate surface area is 118 Å². The summed E-state index contributed by atoms with van der Waals surface area (Å²) in [4.78, 5) is 2.17. The van der Waals surface area contributed by atoms with E-state index in [2.05, 4.69) is 19.8 Å². The fourth-order valence-electron chi connectivity index (χ4n) is 2.21. The van der Waals surface area contributed by atoms with Crippen LogP contribution in [0.25, 0.3) is 0 Å². The van der Waals surface area contributed by atoms with Crippen molar-refractivity contribution >= 4 is 10.0 Å². The van der Waals surface area contributed by atoms with Gasteiger partial charge in [-0.15, -0.1) is 0 Å². The maximum absolute atomic E-state index is 12.2. The average Bonchev–Trinajstić information content (AvgIpc) is 2.88. The van der Waals surface area contributed by atoms with Crippen molar-refractivity contribution in [2.24, 2.45) is 5.73 Å². The smallest absolute Gasteiger partial charge is 0.258 e. The van der Waals surface area contributed by atoms with Crippen molar-refractivity contribution in [1.29, 1.82) is 0 Å². The van der Waals surface area contributed by atoms with Crippen LogP contribution in [-0.4, -0.2) is 62.4 Å². The van der Waals surface area contributed by atoms with Crippen molar-refractivity contribution in [3.05, 3.63) is 11.8 Å². The Morgan fingerprint density at radius 2 is 2.25 bits per heavy atom. The summed E-state index contributed by atoms with van der Waals surface area (Å²) in [5.74, 6) is 0. The zero-order valence-electron chi connectivity index (χ0n) is 11.5. The van der Waals surface area contributed by atoms with Crippen LogP contribution in [-0.2, 0) is 21.3 Å². The second-order valence-electron chi connectivity index (χ2n) is 4.86. The van der Waals surface area contributed by atoms with Crippen LogP contribution in [0.2, 0.25) is 0 Å². The van der Waals surface area contributed by atoms with Crippen molar-refractivity contribution in [2.45, 2.75) is 24.5 Å². The molecule has 1 aliphatic heterocycles. The monoisotopic (exact) mass is 303 g/mol. The summed E-state index contributed by atoms with van der Waals surface area (Å²) in [6.45, 7) is 5.65. The van der Waals surface area contributed by atoms with Crippen LogP contribution < -0.4 is 10.5 Å². The number of sulfonamides is 1. The molecule has 0 aliphatic carbocycles. The van der Waals surface area contributed by atoms with E-state index in [0.717, 1.165) is 13.1 Å². The number of nitrogens with one attached hydrogen (secondary N) is 2. The Morgan fingerprint density at radius 3 is 2.90 bits per heavy atom. The molecule has 1 fully saturated rings. The first-order valence-electron chi connectivity index (χ1n) is 6.57. The number of hydrogen-bond acceptors (Lipinski definition) is 6. The first-order valence-corrected chi connectivity index (χ1v) is 8.06. The lowest BCUT2D eigenvalue weighted by Gasteiger charge is -2.29. The van der Waals surface area contributed by atoms with Crippen molar-refractivity contribution in [3.8, 4) is 0 Å². The highest BCUT2D eigenvalue weighted by Crippen LogP contribution is 2.11. The van der Waals surface area contributed by atoms with Gasteiger partial charge in [-0.1, -0.05) is 0 Å². The van der Waals surface area contributed by atoms with Gasteiger partial charge in [0.1, 0.15) is 0 Å². The lowest BCUT2D eigenvalue weighted by molar-refractivity contribution is 0.0354. The summed E-state index contributed by atoms with van der Waals surface area (Å²) in [6.07, 6.45) is 1.43. The molecule has 1 aliphatic rings. The van der Waals surface area contributed by atoms with E-state index in [1.54, 1.807) is 0 Å². The fourth-order valence-corrected chi connectivity index (χ4v) is 3.59. The van der Waals surface area contributed by atoms with Crippen LogP contribution >= 0.6 is 0 Å². The molecule has 2 rings (SSSR count). The number of aromatic amines is 1. The van der Waals surface area contributed by atoms with Gasteiger partial charge in [0.05, 0.1) is 19.4 Å². The van der Waals surface area contributed by atoms with E-state index in [-0.39, 0.29) is 17.6 Å². The quantitative estimate of drug-likeness (QED) is 0.613. The standard InChI is InChI=1S/C11H21N5O3S/c1-9(8-16-2-4-19-5-3-16)15-20(17,18)11-10(6-12)7-13-14-11/h7,9,15H,2-6,8,12H2,1H3,(H,13,14). The van der Waals surface area contributed by atoms with E-state index in [1.165, 1.54) is 6.20 Å². The third-order valence-corrected chi connectivity index (χ3v) is 4.76. The van der Waals surface area contributed by atoms with E-state index >= 15 is 0 Å². The van der Waals surface area contributed by atoms with E-state index in [9.17, 15) is 8.42 Å². The van der Waals surface area contributed by atoms with Crippen LogP contribution in [0.1, 0.15) is 12.5 Å². The molecular formula is C11H21N5O3S. The second kappa shape index (κ2) is 6.64. The van der Waals surface area contributed by atoms with E-state index in [1.807, 2.05) is 6.92 Å². The van der Waals surface area contributed by atoms with Gasteiger partial charge >= 0.3 is 0 Å². The predicted octanol–water partition coefficient (Wildman–Crippen LogP) is -1.13. The highest BCUT2D eigenvalue weighted by Gasteiger charge is 2.23. The van der Waals surface area contributed by atoms with Crippen LogP contribution in [0.3, 0.4) is 0 Å². The van der Waals surface area contributed by atoms with E-state index in [0.29, 0.717) is 25.3 Å². The molecule has 1 saturated heterocycles. The Balaban J connectivity index is 1.97. The Bertz CT molecular complexity index is 524. The molecule has 9 heteroatoms. The molecule has 0 bridgehead atoms. The third kappa shape index (κ3) is 3.76. The SMILES string of the molecule is CC(CN1CCOCC1)NS(=O)(=O)c1[nH]ncc1CN. The molecule has 1 atom stereocenters. The van der Waals surface area contributed by atoms with Gasteiger partial charge in [0.2, 0.25) is 0 Å². The van der Waals surface area contributed by atoms with Gasteiger partial charge in [0.15, 0.2) is 5.03 Å². The second-order valence-corrected chi connectivity index (χ2v) is 6.51. The van der Waals surface area contributed by atoms with Crippen LogP contribution in [0.15, 0.2) is 11.2 Å². The molecule has 114 valence electrons. The number of aromatic nitrogens is 2. The molecule has 0 aromatic carbocycles. The maximum atomic E-state index is 12.2. The number of nitrogens with two attached hydrogens (primary N) is 1. The first kappa shape index (κ1) is 15.4. The minimum atomic E-state index is -3.62. The molecule has 4 N–H and O–H groups in total. The van der Waals surface area contributed by atoms with E-state index in [4.69, 9.17) is 10.5 Å².